The predicted molar refractivity (Wildman–Crippen MR) is 64.9 cm³/mol. The summed E-state index contributed by atoms with van der Waals surface area (Å²) in [6.07, 6.45) is 3.45. The van der Waals surface area contributed by atoms with Gasteiger partial charge in [0.25, 0.3) is 0 Å². The van der Waals surface area contributed by atoms with Crippen LogP contribution in [0.1, 0.15) is 18.7 Å². The lowest BCUT2D eigenvalue weighted by Crippen LogP contribution is -2.10. The van der Waals surface area contributed by atoms with E-state index in [-0.39, 0.29) is 6.04 Å². The highest BCUT2D eigenvalue weighted by molar-refractivity contribution is 5.61. The Bertz CT molecular complexity index is 456. The maximum absolute atomic E-state index is 5.75. The standard InChI is InChI=1S/C12H14N4/c1-9(10-5-2-3-7-14-10)16-11-6-4-8-15-12(11)13/h2-9,16H,1H3,(H2,13,15). The largest absolute Gasteiger partial charge is 0.382 e. The van der Waals surface area contributed by atoms with Gasteiger partial charge in [0.15, 0.2) is 0 Å². The first-order valence-corrected chi connectivity index (χ1v) is 5.15. The van der Waals surface area contributed by atoms with Gasteiger partial charge >= 0.3 is 0 Å². The molecule has 82 valence electrons. The zero-order valence-corrected chi connectivity index (χ0v) is 9.09. The van der Waals surface area contributed by atoms with E-state index in [1.807, 2.05) is 37.3 Å². The summed E-state index contributed by atoms with van der Waals surface area (Å²) in [5, 5.41) is 3.28. The van der Waals surface area contributed by atoms with E-state index >= 15 is 0 Å². The van der Waals surface area contributed by atoms with Gasteiger partial charge in [-0.1, -0.05) is 6.07 Å². The number of aromatic nitrogens is 2. The third-order valence-corrected chi connectivity index (χ3v) is 2.34. The van der Waals surface area contributed by atoms with E-state index in [1.165, 1.54) is 0 Å². The van der Waals surface area contributed by atoms with Crippen molar-refractivity contribution in [3.8, 4) is 0 Å². The molecular formula is C12H14N4. The second-order valence-electron chi connectivity index (χ2n) is 3.56. The number of nitrogens with two attached hydrogens (primary N) is 1. The quantitative estimate of drug-likeness (QED) is 0.822. The van der Waals surface area contributed by atoms with E-state index < -0.39 is 0 Å². The Morgan fingerprint density at radius 1 is 1.12 bits per heavy atom. The van der Waals surface area contributed by atoms with Crippen LogP contribution < -0.4 is 11.1 Å². The van der Waals surface area contributed by atoms with Gasteiger partial charge in [-0.15, -0.1) is 0 Å². The van der Waals surface area contributed by atoms with Gasteiger partial charge in [0.05, 0.1) is 17.4 Å². The summed E-state index contributed by atoms with van der Waals surface area (Å²) in [6, 6.07) is 9.70. The Balaban J connectivity index is 2.14. The molecule has 0 saturated carbocycles. The van der Waals surface area contributed by atoms with Crippen molar-refractivity contribution in [3.05, 3.63) is 48.4 Å². The number of nitrogens with one attached hydrogen (secondary N) is 1. The summed E-state index contributed by atoms with van der Waals surface area (Å²) in [5.41, 5.74) is 7.56. The number of nitrogen functional groups attached to an aromatic ring is 1. The highest BCUT2D eigenvalue weighted by Crippen LogP contribution is 2.20. The summed E-state index contributed by atoms with van der Waals surface area (Å²) in [4.78, 5) is 8.30. The van der Waals surface area contributed by atoms with Gasteiger partial charge in [-0.05, 0) is 31.2 Å². The lowest BCUT2D eigenvalue weighted by molar-refractivity contribution is 0.839. The molecule has 1 unspecified atom stereocenters. The SMILES string of the molecule is CC(Nc1cccnc1N)c1ccccn1. The number of pyridine rings is 2. The molecule has 0 fully saturated rings. The molecule has 2 aromatic heterocycles. The Hall–Kier alpha value is -2.10. The summed E-state index contributed by atoms with van der Waals surface area (Å²) < 4.78 is 0. The number of rotatable bonds is 3. The fourth-order valence-corrected chi connectivity index (χ4v) is 1.48. The average Bonchev–Trinajstić information content (AvgIpc) is 2.33. The number of hydrogen-bond acceptors (Lipinski definition) is 4. The minimum atomic E-state index is 0.104. The van der Waals surface area contributed by atoms with Crippen molar-refractivity contribution in [1.29, 1.82) is 0 Å². The molecule has 2 heterocycles. The van der Waals surface area contributed by atoms with E-state index in [4.69, 9.17) is 5.73 Å². The highest BCUT2D eigenvalue weighted by Gasteiger charge is 2.07. The maximum atomic E-state index is 5.75. The molecule has 1 atom stereocenters. The van der Waals surface area contributed by atoms with Crippen molar-refractivity contribution in [3.63, 3.8) is 0 Å². The van der Waals surface area contributed by atoms with Gasteiger partial charge in [-0.3, -0.25) is 4.98 Å². The van der Waals surface area contributed by atoms with Crippen LogP contribution in [0, 0.1) is 0 Å². The van der Waals surface area contributed by atoms with Crippen LogP contribution in [0.15, 0.2) is 42.7 Å². The van der Waals surface area contributed by atoms with Crippen LogP contribution in [0.4, 0.5) is 11.5 Å². The lowest BCUT2D eigenvalue weighted by Gasteiger charge is -2.15. The van der Waals surface area contributed by atoms with Crippen molar-refractivity contribution >= 4 is 11.5 Å². The monoisotopic (exact) mass is 214 g/mol. The molecule has 2 aromatic rings. The molecule has 0 saturated heterocycles. The third kappa shape index (κ3) is 2.28. The van der Waals surface area contributed by atoms with Gasteiger partial charge in [-0.25, -0.2) is 4.98 Å². The number of anilines is 2. The molecule has 16 heavy (non-hydrogen) atoms. The normalized spacial score (nSPS) is 12.1. The van der Waals surface area contributed by atoms with Crippen molar-refractivity contribution in [1.82, 2.24) is 9.97 Å². The van der Waals surface area contributed by atoms with Crippen LogP contribution in [-0.2, 0) is 0 Å². The van der Waals surface area contributed by atoms with Gasteiger partial charge in [-0.2, -0.15) is 0 Å². The minimum absolute atomic E-state index is 0.104. The molecule has 0 aliphatic heterocycles. The van der Waals surface area contributed by atoms with Crippen molar-refractivity contribution < 1.29 is 0 Å². The summed E-state index contributed by atoms with van der Waals surface area (Å²) in [5.74, 6) is 0.505. The van der Waals surface area contributed by atoms with Crippen LogP contribution in [0.3, 0.4) is 0 Å². The molecule has 2 rings (SSSR count). The van der Waals surface area contributed by atoms with E-state index in [9.17, 15) is 0 Å². The van der Waals surface area contributed by atoms with Gasteiger partial charge < -0.3 is 11.1 Å². The van der Waals surface area contributed by atoms with Crippen LogP contribution in [-0.4, -0.2) is 9.97 Å². The van der Waals surface area contributed by atoms with Gasteiger partial charge in [0.1, 0.15) is 5.82 Å². The predicted octanol–water partition coefficient (Wildman–Crippen LogP) is 2.23. The fourth-order valence-electron chi connectivity index (χ4n) is 1.48. The zero-order chi connectivity index (χ0) is 11.4. The molecule has 4 heteroatoms. The topological polar surface area (TPSA) is 63.8 Å². The van der Waals surface area contributed by atoms with Crippen LogP contribution >= 0.6 is 0 Å². The van der Waals surface area contributed by atoms with Crippen molar-refractivity contribution in [2.24, 2.45) is 0 Å². The Morgan fingerprint density at radius 3 is 2.62 bits per heavy atom. The molecule has 0 aliphatic carbocycles. The van der Waals surface area contributed by atoms with E-state index in [2.05, 4.69) is 15.3 Å². The zero-order valence-electron chi connectivity index (χ0n) is 9.09. The first kappa shape index (κ1) is 10.4. The fraction of sp³-hybridized carbons (Fsp3) is 0.167. The second-order valence-corrected chi connectivity index (χ2v) is 3.56. The summed E-state index contributed by atoms with van der Waals surface area (Å²) >= 11 is 0. The Morgan fingerprint density at radius 2 is 1.94 bits per heavy atom. The molecule has 0 aliphatic rings. The first-order chi connectivity index (χ1) is 7.77. The number of hydrogen-bond donors (Lipinski definition) is 2. The molecule has 0 spiro atoms. The second kappa shape index (κ2) is 4.61. The molecule has 4 nitrogen and oxygen atoms in total. The first-order valence-electron chi connectivity index (χ1n) is 5.15. The minimum Gasteiger partial charge on any atom is -0.382 e. The smallest absolute Gasteiger partial charge is 0.146 e. The van der Waals surface area contributed by atoms with Crippen LogP contribution in [0.2, 0.25) is 0 Å². The van der Waals surface area contributed by atoms with Crippen LogP contribution in [0.25, 0.3) is 0 Å². The van der Waals surface area contributed by atoms with Crippen molar-refractivity contribution in [2.75, 3.05) is 11.1 Å². The molecule has 3 N–H and O–H groups in total. The van der Waals surface area contributed by atoms with E-state index in [0.717, 1.165) is 11.4 Å². The van der Waals surface area contributed by atoms with Crippen molar-refractivity contribution in [2.45, 2.75) is 13.0 Å². The lowest BCUT2D eigenvalue weighted by atomic mass is 10.2. The maximum Gasteiger partial charge on any atom is 0.146 e. The van der Waals surface area contributed by atoms with Crippen LogP contribution in [0.5, 0.6) is 0 Å². The number of nitrogens with zero attached hydrogens (tertiary/aromatic N) is 2. The molecule has 0 amide bonds. The van der Waals surface area contributed by atoms with Gasteiger partial charge in [0.2, 0.25) is 0 Å². The molecule has 0 radical (unpaired) electrons. The average molecular weight is 214 g/mol. The summed E-state index contributed by atoms with van der Waals surface area (Å²) in [7, 11) is 0. The molecule has 0 aromatic carbocycles. The molecule has 0 bridgehead atoms. The molecular weight excluding hydrogens is 200 g/mol. The Kier molecular flexibility index (Phi) is 3.00. The van der Waals surface area contributed by atoms with Gasteiger partial charge in [0, 0.05) is 12.4 Å². The highest BCUT2D eigenvalue weighted by atomic mass is 15.0. The van der Waals surface area contributed by atoms with E-state index in [0.29, 0.717) is 5.82 Å². The Labute approximate surface area is 94.5 Å². The third-order valence-electron chi connectivity index (χ3n) is 2.34. The summed E-state index contributed by atoms with van der Waals surface area (Å²) in [6.45, 7) is 2.04. The van der Waals surface area contributed by atoms with E-state index in [1.54, 1.807) is 12.4 Å².